The molecular weight excluding hydrogens is 576 g/mol. The molecular formula is C32H39ClN2O6S. The first-order chi connectivity index (χ1) is 20.2. The largest absolute Gasteiger partial charge is 0.490 e. The van der Waals surface area contributed by atoms with E-state index in [-0.39, 0.29) is 36.1 Å². The van der Waals surface area contributed by atoms with E-state index >= 15 is 0 Å². The predicted octanol–water partition coefficient (Wildman–Crippen LogP) is 4.87. The average molecular weight is 615 g/mol. The van der Waals surface area contributed by atoms with Crippen LogP contribution in [0.4, 0.5) is 5.69 Å². The summed E-state index contributed by atoms with van der Waals surface area (Å²) < 4.78 is 47.0. The van der Waals surface area contributed by atoms with Crippen molar-refractivity contribution < 1.29 is 27.4 Å². The summed E-state index contributed by atoms with van der Waals surface area (Å²) in [6, 6.07) is 11.5. The number of nitrogens with one attached hydrogen (secondary N) is 1. The first-order valence-corrected chi connectivity index (χ1v) is 17.3. The number of fused-ring (bicyclic) bond motifs is 7. The summed E-state index contributed by atoms with van der Waals surface area (Å²) in [5.41, 5.74) is 3.48. The minimum atomic E-state index is -3.87. The van der Waals surface area contributed by atoms with Gasteiger partial charge in [-0.15, -0.1) is 0 Å². The quantitative estimate of drug-likeness (QED) is 0.453. The molecule has 1 spiro atoms. The molecule has 2 aliphatic carbocycles. The van der Waals surface area contributed by atoms with Crippen LogP contribution in [0.3, 0.4) is 0 Å². The number of sulfonamides is 1. The van der Waals surface area contributed by atoms with Crippen molar-refractivity contribution in [2.75, 3.05) is 37.0 Å². The molecule has 7 rings (SSSR count). The molecule has 42 heavy (non-hydrogen) atoms. The molecule has 8 nitrogen and oxygen atoms in total. The lowest BCUT2D eigenvalue weighted by atomic mass is 9.67. The summed E-state index contributed by atoms with van der Waals surface area (Å²) in [7, 11) is -3.87. The Bertz CT molecular complexity index is 1480. The second-order valence-corrected chi connectivity index (χ2v) is 15.3. The van der Waals surface area contributed by atoms with Crippen molar-refractivity contribution in [3.63, 3.8) is 0 Å². The number of amides is 1. The molecule has 1 saturated carbocycles. The van der Waals surface area contributed by atoms with Crippen LogP contribution in [0.5, 0.6) is 5.75 Å². The third-order valence-electron chi connectivity index (χ3n) is 10.2. The highest BCUT2D eigenvalue weighted by atomic mass is 35.5. The molecule has 2 aromatic rings. The molecule has 3 aliphatic heterocycles. The van der Waals surface area contributed by atoms with E-state index in [1.807, 2.05) is 12.1 Å². The molecule has 6 atom stereocenters. The summed E-state index contributed by atoms with van der Waals surface area (Å²) in [5.74, 6) is 0.655. The zero-order valence-corrected chi connectivity index (χ0v) is 25.6. The van der Waals surface area contributed by atoms with Gasteiger partial charge in [0.15, 0.2) is 0 Å². The van der Waals surface area contributed by atoms with Gasteiger partial charge in [0.05, 0.1) is 43.0 Å². The molecule has 5 unspecified atom stereocenters. The number of aryl methyl sites for hydroxylation is 1. The summed E-state index contributed by atoms with van der Waals surface area (Å²) in [6.45, 7) is 4.21. The number of rotatable bonds is 0. The number of halogens is 1. The number of carbonyl (C=O) groups excluding carboxylic acids is 1. The number of anilines is 1. The van der Waals surface area contributed by atoms with Crippen LogP contribution in [0.2, 0.25) is 5.02 Å². The van der Waals surface area contributed by atoms with Gasteiger partial charge >= 0.3 is 0 Å². The van der Waals surface area contributed by atoms with Crippen LogP contribution in [0, 0.1) is 11.8 Å². The Morgan fingerprint density at radius 3 is 2.83 bits per heavy atom. The Morgan fingerprint density at radius 2 is 2.00 bits per heavy atom. The predicted molar refractivity (Wildman–Crippen MR) is 161 cm³/mol. The van der Waals surface area contributed by atoms with Crippen molar-refractivity contribution in [2.24, 2.45) is 11.8 Å². The van der Waals surface area contributed by atoms with Gasteiger partial charge in [-0.1, -0.05) is 17.7 Å². The van der Waals surface area contributed by atoms with Gasteiger partial charge in [-0.3, -0.25) is 4.79 Å². The van der Waals surface area contributed by atoms with E-state index < -0.39 is 15.9 Å². The third kappa shape index (κ3) is 5.42. The molecule has 3 heterocycles. The molecule has 0 radical (unpaired) electrons. The highest BCUT2D eigenvalue weighted by Crippen LogP contribution is 2.48. The van der Waals surface area contributed by atoms with Crippen LogP contribution in [0.15, 0.2) is 36.4 Å². The van der Waals surface area contributed by atoms with Gasteiger partial charge in [-0.2, -0.15) is 0 Å². The number of benzene rings is 2. The van der Waals surface area contributed by atoms with Crippen LogP contribution in [0.25, 0.3) is 0 Å². The summed E-state index contributed by atoms with van der Waals surface area (Å²) >= 11 is 6.41. The van der Waals surface area contributed by atoms with Gasteiger partial charge in [-0.05, 0) is 98.7 Å². The Kier molecular flexibility index (Phi) is 7.44. The monoisotopic (exact) mass is 614 g/mol. The van der Waals surface area contributed by atoms with Crippen LogP contribution in [0.1, 0.15) is 66.9 Å². The molecule has 10 heteroatoms. The average Bonchev–Trinajstić information content (AvgIpc) is 3.07. The normalized spacial score (nSPS) is 34.2. The first-order valence-electron chi connectivity index (χ1n) is 15.3. The van der Waals surface area contributed by atoms with Crippen LogP contribution in [-0.4, -0.2) is 64.7 Å². The van der Waals surface area contributed by atoms with E-state index in [1.165, 1.54) is 11.1 Å². The molecule has 1 amide bonds. The van der Waals surface area contributed by atoms with Gasteiger partial charge in [0.2, 0.25) is 10.0 Å². The maximum absolute atomic E-state index is 13.2. The number of hydrogen-bond donors (Lipinski definition) is 1. The van der Waals surface area contributed by atoms with Gasteiger partial charge in [0.25, 0.3) is 5.91 Å². The topological polar surface area (TPSA) is 94.2 Å². The molecule has 5 aliphatic rings. The lowest BCUT2D eigenvalue weighted by Crippen LogP contribution is -2.51. The molecule has 226 valence electrons. The number of carbonyl (C=O) groups is 1. The molecule has 2 aromatic carbocycles. The van der Waals surface area contributed by atoms with Crippen molar-refractivity contribution in [3.05, 3.63) is 58.1 Å². The maximum Gasteiger partial charge on any atom is 0.264 e. The van der Waals surface area contributed by atoms with Gasteiger partial charge in [0.1, 0.15) is 5.75 Å². The molecule has 1 saturated heterocycles. The molecule has 0 aromatic heterocycles. The zero-order valence-electron chi connectivity index (χ0n) is 24.0. The molecule has 2 fully saturated rings. The smallest absolute Gasteiger partial charge is 0.264 e. The van der Waals surface area contributed by atoms with E-state index in [0.29, 0.717) is 24.0 Å². The van der Waals surface area contributed by atoms with Gasteiger partial charge in [-0.25, -0.2) is 13.1 Å². The minimum absolute atomic E-state index is 0.0430. The van der Waals surface area contributed by atoms with Crippen molar-refractivity contribution in [1.82, 2.24) is 4.72 Å². The van der Waals surface area contributed by atoms with Gasteiger partial charge < -0.3 is 19.1 Å². The first kappa shape index (κ1) is 28.4. The lowest BCUT2D eigenvalue weighted by molar-refractivity contribution is -0.146. The third-order valence-corrected chi connectivity index (χ3v) is 11.6. The van der Waals surface area contributed by atoms with Crippen molar-refractivity contribution in [3.8, 4) is 5.75 Å². The Labute approximate surface area is 253 Å². The molecule has 1 N–H and O–H groups in total. The van der Waals surface area contributed by atoms with Gasteiger partial charge in [0, 0.05) is 35.5 Å². The number of hydrogen-bond acceptors (Lipinski definition) is 7. The Balaban J connectivity index is 1.29. The Morgan fingerprint density at radius 1 is 1.12 bits per heavy atom. The van der Waals surface area contributed by atoms with Crippen molar-refractivity contribution in [1.29, 1.82) is 0 Å². The summed E-state index contributed by atoms with van der Waals surface area (Å²) in [6.07, 6.45) is 6.85. The van der Waals surface area contributed by atoms with E-state index in [1.54, 1.807) is 12.1 Å². The van der Waals surface area contributed by atoms with E-state index in [2.05, 4.69) is 28.7 Å². The highest BCUT2D eigenvalue weighted by molar-refractivity contribution is 7.90. The maximum atomic E-state index is 13.2. The van der Waals surface area contributed by atoms with Crippen LogP contribution >= 0.6 is 11.6 Å². The zero-order chi connectivity index (χ0) is 29.1. The summed E-state index contributed by atoms with van der Waals surface area (Å²) in [4.78, 5) is 15.6. The number of ether oxygens (including phenoxy) is 3. The fourth-order valence-corrected chi connectivity index (χ4v) is 8.98. The van der Waals surface area contributed by atoms with Crippen molar-refractivity contribution in [2.45, 2.75) is 75.6 Å². The van der Waals surface area contributed by atoms with E-state index in [0.717, 1.165) is 74.5 Å². The second kappa shape index (κ2) is 11.0. The van der Waals surface area contributed by atoms with Crippen LogP contribution < -0.4 is 14.4 Å². The van der Waals surface area contributed by atoms with Crippen molar-refractivity contribution >= 4 is 33.2 Å². The van der Waals surface area contributed by atoms with E-state index in [4.69, 9.17) is 25.8 Å². The minimum Gasteiger partial charge on any atom is -0.490 e. The number of nitrogens with zero attached hydrogens (tertiary/aromatic N) is 1. The second-order valence-electron chi connectivity index (χ2n) is 13.0. The van der Waals surface area contributed by atoms with E-state index in [9.17, 15) is 13.2 Å². The SMILES string of the molecule is CC1CC2CC(O1)C1CC[C@@H]1CN1CC3(CCCc4cc(Cl)ccc43)COc3ccc(cc31)C(=O)NS(=O)(=O)CCO2. The fraction of sp³-hybridized carbons (Fsp3) is 0.594. The molecule has 4 bridgehead atoms. The van der Waals surface area contributed by atoms with Crippen LogP contribution in [-0.2, 0) is 31.3 Å². The Hall–Kier alpha value is -2.33. The fourth-order valence-electron chi connectivity index (χ4n) is 7.97. The summed E-state index contributed by atoms with van der Waals surface area (Å²) in [5, 5.41) is 0.751. The highest BCUT2D eigenvalue weighted by Gasteiger charge is 2.46. The standard InChI is InChI=1S/C32H39ClN2O6S/c1-20-13-25-16-30(41-20)26-7-4-23(26)17-35-18-32(10-2-3-21-14-24(33)6-8-27(21)32)19-40-29-9-5-22(15-28(29)35)31(36)34-42(37,38)12-11-39-25/h5-6,8-9,14-15,20,23,25-26,30H,2-4,7,10-13,16-19H2,1H3,(H,34,36)/t20?,23-,25?,26?,30?,32?/m1/s1. The lowest BCUT2D eigenvalue weighted by Gasteiger charge is -2.48.